The fourth-order valence-corrected chi connectivity index (χ4v) is 3.76. The number of anilines is 1. The molecular weight excluding hydrogens is 378 g/mol. The number of carbonyl (C=O) groups excluding carboxylic acids is 1. The molecule has 2 aromatic rings. The Labute approximate surface area is 162 Å². The average Bonchev–Trinajstić information content (AvgIpc) is 2.63. The molecule has 1 aliphatic heterocycles. The van der Waals surface area contributed by atoms with Crippen molar-refractivity contribution in [3.63, 3.8) is 0 Å². The van der Waals surface area contributed by atoms with E-state index in [-0.39, 0.29) is 42.5 Å². The molecule has 1 fully saturated rings. The van der Waals surface area contributed by atoms with Gasteiger partial charge in [-0.15, -0.1) is 12.4 Å². The lowest BCUT2D eigenvalue weighted by Crippen LogP contribution is -2.42. The van der Waals surface area contributed by atoms with Crippen LogP contribution in [0.4, 0.5) is 14.5 Å². The highest BCUT2D eigenvalue weighted by Gasteiger charge is 2.23. The second kappa shape index (κ2) is 9.90. The van der Waals surface area contributed by atoms with Gasteiger partial charge in [0.25, 0.3) is 0 Å². The Morgan fingerprint density at radius 1 is 1.15 bits per heavy atom. The second-order valence-electron chi connectivity index (χ2n) is 5.98. The molecule has 1 saturated heterocycles. The summed E-state index contributed by atoms with van der Waals surface area (Å²) >= 11 is 1.82. The Kier molecular flexibility index (Phi) is 7.87. The van der Waals surface area contributed by atoms with Gasteiger partial charge in [0.05, 0.1) is 6.54 Å². The molecule has 1 unspecified atom stereocenters. The summed E-state index contributed by atoms with van der Waals surface area (Å²) in [6, 6.07) is 12.2. The molecule has 1 amide bonds. The van der Waals surface area contributed by atoms with Crippen molar-refractivity contribution in [2.45, 2.75) is 19.0 Å². The van der Waals surface area contributed by atoms with Gasteiger partial charge >= 0.3 is 0 Å². The van der Waals surface area contributed by atoms with E-state index in [1.54, 1.807) is 30.3 Å². The molecular formula is C19H21ClF2N2OS. The molecule has 0 saturated carbocycles. The molecule has 1 N–H and O–H groups in total. The number of rotatable bonds is 5. The van der Waals surface area contributed by atoms with Crippen LogP contribution < -0.4 is 10.2 Å². The molecule has 0 spiro atoms. The third-order valence-electron chi connectivity index (χ3n) is 4.15. The first-order chi connectivity index (χ1) is 12.1. The maximum atomic E-state index is 14.0. The van der Waals surface area contributed by atoms with Gasteiger partial charge in [-0.1, -0.05) is 18.2 Å². The van der Waals surface area contributed by atoms with E-state index in [4.69, 9.17) is 0 Å². The smallest absolute Gasteiger partial charge is 0.228 e. The van der Waals surface area contributed by atoms with E-state index < -0.39 is 0 Å². The number of benzene rings is 2. The number of hydrogen-bond acceptors (Lipinski definition) is 3. The summed E-state index contributed by atoms with van der Waals surface area (Å²) in [6.07, 6.45) is 0.332. The van der Waals surface area contributed by atoms with Gasteiger partial charge in [-0.05, 0) is 30.3 Å². The van der Waals surface area contributed by atoms with Crippen LogP contribution in [0.2, 0.25) is 0 Å². The zero-order valence-corrected chi connectivity index (χ0v) is 15.8. The Morgan fingerprint density at radius 3 is 2.54 bits per heavy atom. The summed E-state index contributed by atoms with van der Waals surface area (Å²) in [5.74, 6) is 1.10. The van der Waals surface area contributed by atoms with Crippen molar-refractivity contribution < 1.29 is 13.6 Å². The van der Waals surface area contributed by atoms with Crippen LogP contribution in [0.15, 0.2) is 48.5 Å². The number of thioether (sulfide) groups is 1. The van der Waals surface area contributed by atoms with Gasteiger partial charge in [0.1, 0.15) is 11.6 Å². The van der Waals surface area contributed by atoms with Crippen molar-refractivity contribution in [1.82, 2.24) is 5.32 Å². The first-order valence-corrected chi connectivity index (χ1v) is 9.39. The molecule has 7 heteroatoms. The van der Waals surface area contributed by atoms with Crippen molar-refractivity contribution >= 4 is 35.8 Å². The molecule has 140 valence electrons. The lowest BCUT2D eigenvalue weighted by atomic mass is 10.1. The fourth-order valence-electron chi connectivity index (χ4n) is 2.81. The minimum atomic E-state index is -0.368. The van der Waals surface area contributed by atoms with Crippen LogP contribution in [0, 0.1) is 11.6 Å². The van der Waals surface area contributed by atoms with E-state index in [0.717, 1.165) is 18.1 Å². The summed E-state index contributed by atoms with van der Waals surface area (Å²) in [4.78, 5) is 14.4. The van der Waals surface area contributed by atoms with Crippen molar-refractivity contribution in [3.05, 3.63) is 65.7 Å². The third kappa shape index (κ3) is 5.43. The van der Waals surface area contributed by atoms with Gasteiger partial charge in [0.2, 0.25) is 5.91 Å². The van der Waals surface area contributed by atoms with Gasteiger partial charge in [0.15, 0.2) is 0 Å². The summed E-state index contributed by atoms with van der Waals surface area (Å²) in [5, 5.41) is 3.34. The standard InChI is InChI=1S/C19H20F2N2OS.ClH/c20-15-5-7-17(8-6-15)23(12-14-3-1-2-4-18(14)21)19(24)11-16-13-25-10-9-22-16;/h1-8,16,22H,9-13H2;1H. The summed E-state index contributed by atoms with van der Waals surface area (Å²) in [6.45, 7) is 1.00. The van der Waals surface area contributed by atoms with Gasteiger partial charge < -0.3 is 10.2 Å². The lowest BCUT2D eigenvalue weighted by Gasteiger charge is -2.28. The molecule has 1 aliphatic rings. The van der Waals surface area contributed by atoms with Crippen molar-refractivity contribution in [3.8, 4) is 0 Å². The molecule has 3 nitrogen and oxygen atoms in total. The van der Waals surface area contributed by atoms with Crippen molar-refractivity contribution in [2.24, 2.45) is 0 Å². The van der Waals surface area contributed by atoms with Crippen LogP contribution in [-0.2, 0) is 11.3 Å². The van der Waals surface area contributed by atoms with Crippen molar-refractivity contribution in [2.75, 3.05) is 23.0 Å². The van der Waals surface area contributed by atoms with Gasteiger partial charge in [-0.3, -0.25) is 4.79 Å². The first kappa shape index (κ1) is 20.7. The highest BCUT2D eigenvalue weighted by Crippen LogP contribution is 2.22. The Hall–Kier alpha value is -1.63. The predicted octanol–water partition coefficient (Wildman–Crippen LogP) is 4.01. The molecule has 26 heavy (non-hydrogen) atoms. The molecule has 0 aliphatic carbocycles. The summed E-state index contributed by atoms with van der Waals surface area (Å²) < 4.78 is 27.3. The van der Waals surface area contributed by atoms with Gasteiger partial charge in [-0.25, -0.2) is 8.78 Å². The average molecular weight is 399 g/mol. The highest BCUT2D eigenvalue weighted by atomic mass is 35.5. The maximum Gasteiger partial charge on any atom is 0.228 e. The Balaban J connectivity index is 0.00000243. The minimum Gasteiger partial charge on any atom is -0.312 e. The number of amides is 1. The van der Waals surface area contributed by atoms with E-state index in [2.05, 4.69) is 5.32 Å². The fraction of sp³-hybridized carbons (Fsp3) is 0.316. The Morgan fingerprint density at radius 2 is 1.88 bits per heavy atom. The van der Waals surface area contributed by atoms with Crippen LogP contribution in [-0.4, -0.2) is 30.0 Å². The van der Waals surface area contributed by atoms with E-state index in [1.165, 1.54) is 23.1 Å². The number of halogens is 3. The van der Waals surface area contributed by atoms with Gasteiger partial charge in [0, 0.05) is 41.8 Å². The predicted molar refractivity (Wildman–Crippen MR) is 105 cm³/mol. The zero-order valence-electron chi connectivity index (χ0n) is 14.2. The van der Waals surface area contributed by atoms with E-state index >= 15 is 0 Å². The minimum absolute atomic E-state index is 0. The van der Waals surface area contributed by atoms with Gasteiger partial charge in [-0.2, -0.15) is 11.8 Å². The summed E-state index contributed by atoms with van der Waals surface area (Å²) in [5.41, 5.74) is 1.00. The topological polar surface area (TPSA) is 32.3 Å². The first-order valence-electron chi connectivity index (χ1n) is 8.24. The molecule has 0 aromatic heterocycles. The molecule has 2 aromatic carbocycles. The second-order valence-corrected chi connectivity index (χ2v) is 7.13. The lowest BCUT2D eigenvalue weighted by molar-refractivity contribution is -0.119. The monoisotopic (exact) mass is 398 g/mol. The quantitative estimate of drug-likeness (QED) is 0.825. The number of nitrogens with zero attached hydrogens (tertiary/aromatic N) is 1. The van der Waals surface area contributed by atoms with Crippen LogP contribution in [0.3, 0.4) is 0 Å². The highest BCUT2D eigenvalue weighted by molar-refractivity contribution is 7.99. The molecule has 0 radical (unpaired) electrons. The number of carbonyl (C=O) groups is 1. The Bertz CT molecular complexity index is 724. The van der Waals surface area contributed by atoms with Crippen molar-refractivity contribution in [1.29, 1.82) is 0 Å². The largest absolute Gasteiger partial charge is 0.312 e. The van der Waals surface area contributed by atoms with E-state index in [0.29, 0.717) is 17.7 Å². The van der Waals surface area contributed by atoms with Crippen LogP contribution >= 0.6 is 24.2 Å². The molecule has 1 atom stereocenters. The van der Waals surface area contributed by atoms with Crippen LogP contribution in [0.25, 0.3) is 0 Å². The molecule has 0 bridgehead atoms. The SMILES string of the molecule is Cl.O=C(CC1CSCCN1)N(Cc1ccccc1F)c1ccc(F)cc1. The normalized spacial score (nSPS) is 16.6. The number of nitrogens with one attached hydrogen (secondary N) is 1. The third-order valence-corrected chi connectivity index (χ3v) is 5.28. The maximum absolute atomic E-state index is 14.0. The zero-order chi connectivity index (χ0) is 17.6. The number of hydrogen-bond donors (Lipinski definition) is 1. The van der Waals surface area contributed by atoms with Crippen LogP contribution in [0.1, 0.15) is 12.0 Å². The molecule has 3 rings (SSSR count). The summed E-state index contributed by atoms with van der Waals surface area (Å²) in [7, 11) is 0. The van der Waals surface area contributed by atoms with E-state index in [1.807, 2.05) is 11.8 Å². The molecule has 1 heterocycles. The van der Waals surface area contributed by atoms with E-state index in [9.17, 15) is 13.6 Å². The van der Waals surface area contributed by atoms with Crippen LogP contribution in [0.5, 0.6) is 0 Å².